The number of hydrogen-bond donors (Lipinski definition) is 3. The predicted molar refractivity (Wildman–Crippen MR) is 134 cm³/mol. The highest BCUT2D eigenvalue weighted by Gasteiger charge is 2.29. The van der Waals surface area contributed by atoms with Crippen LogP contribution >= 0.6 is 0 Å². The first-order valence-electron chi connectivity index (χ1n) is 12.0. The minimum Gasteiger partial charge on any atom is -0.505 e. The summed E-state index contributed by atoms with van der Waals surface area (Å²) in [5.74, 6) is -0.183. The van der Waals surface area contributed by atoms with Gasteiger partial charge in [0.2, 0.25) is 0 Å². The molecule has 0 heterocycles. The van der Waals surface area contributed by atoms with Gasteiger partial charge in [-0.2, -0.15) is 0 Å². The van der Waals surface area contributed by atoms with Crippen LogP contribution < -0.4 is 21.5 Å². The van der Waals surface area contributed by atoms with Gasteiger partial charge < -0.3 is 20.6 Å². The van der Waals surface area contributed by atoms with Crippen LogP contribution in [0.4, 0.5) is 17.1 Å². The Balaban J connectivity index is 1.76. The van der Waals surface area contributed by atoms with Crippen molar-refractivity contribution in [1.82, 2.24) is 4.90 Å². The molecule has 2 aromatic carbocycles. The van der Waals surface area contributed by atoms with Gasteiger partial charge in [-0.05, 0) is 30.4 Å². The smallest absolute Gasteiger partial charge is 0.257 e. The number of aromatic hydroxyl groups is 1. The summed E-state index contributed by atoms with van der Waals surface area (Å²) in [7, 11) is 3.13. The summed E-state index contributed by atoms with van der Waals surface area (Å²) in [6.45, 7) is 3.80. The quantitative estimate of drug-likeness (QED) is 0.358. The molecule has 0 bridgehead atoms. The minimum absolute atomic E-state index is 0.0134. The van der Waals surface area contributed by atoms with Crippen LogP contribution in [-0.4, -0.2) is 41.8 Å². The van der Waals surface area contributed by atoms with E-state index in [9.17, 15) is 24.3 Å². The molecule has 0 aromatic heterocycles. The van der Waals surface area contributed by atoms with Crippen molar-refractivity contribution < 1.29 is 14.7 Å². The number of carbonyl (C=O) groups excluding carboxylic acids is 2. The number of para-hydroxylation sites is 1. The monoisotopic (exact) mass is 469 g/mol. The van der Waals surface area contributed by atoms with E-state index in [2.05, 4.69) is 10.6 Å². The maximum atomic E-state index is 13.0. The lowest BCUT2D eigenvalue weighted by Gasteiger charge is -2.26. The number of benzene rings is 1. The molecule has 1 atom stereocenters. The van der Waals surface area contributed by atoms with E-state index in [0.29, 0.717) is 12.3 Å². The van der Waals surface area contributed by atoms with Gasteiger partial charge in [-0.25, -0.2) is 0 Å². The number of ketones is 1. The number of phenolic OH excluding ortho intramolecular Hbond substituents is 1. The predicted octanol–water partition coefficient (Wildman–Crippen LogP) is 3.80. The Morgan fingerprint density at radius 3 is 2.32 bits per heavy atom. The van der Waals surface area contributed by atoms with Crippen LogP contribution in [-0.2, 0) is 4.79 Å². The zero-order valence-corrected chi connectivity index (χ0v) is 20.4. The summed E-state index contributed by atoms with van der Waals surface area (Å²) in [5.41, 5.74) is -1.20. The van der Waals surface area contributed by atoms with Crippen LogP contribution in [0.3, 0.4) is 0 Å². The third kappa shape index (κ3) is 5.48. The number of amides is 1. The Bertz CT molecular complexity index is 1110. The van der Waals surface area contributed by atoms with Gasteiger partial charge in [-0.15, -0.1) is 0 Å². The Kier molecular flexibility index (Phi) is 8.12. The molecule has 0 unspecified atom stereocenters. The van der Waals surface area contributed by atoms with E-state index in [0.717, 1.165) is 19.3 Å². The molecular weight excluding hydrogens is 434 g/mol. The minimum atomic E-state index is -0.733. The molecule has 3 rings (SSSR count). The highest BCUT2D eigenvalue weighted by atomic mass is 16.3. The Hall–Kier alpha value is -3.16. The van der Waals surface area contributed by atoms with E-state index in [1.54, 1.807) is 20.2 Å². The van der Waals surface area contributed by atoms with Crippen LogP contribution in [0, 0.1) is 11.8 Å². The summed E-state index contributed by atoms with van der Waals surface area (Å²) >= 11 is 0. The standard InChI is InChI=1S/C26H35N3O5/c1-15(2)20(19(30)14-13-16-9-6-5-7-10-16)28-22-21(24(32)25(22)33)27-18-12-8-11-17(23(18)31)26(34)29(3)4/h8,11-12,15-16,20,27-28,31H,5-7,9-10,13-14H2,1-4H3/t20-/m1/s1. The van der Waals surface area contributed by atoms with Gasteiger partial charge in [0.05, 0.1) is 17.3 Å². The van der Waals surface area contributed by atoms with Gasteiger partial charge >= 0.3 is 0 Å². The van der Waals surface area contributed by atoms with Crippen LogP contribution in [0.1, 0.15) is 69.2 Å². The third-order valence-corrected chi connectivity index (χ3v) is 6.68. The maximum Gasteiger partial charge on any atom is 0.257 e. The van der Waals surface area contributed by atoms with E-state index in [1.165, 1.54) is 36.3 Å². The molecule has 8 heteroatoms. The Morgan fingerprint density at radius 1 is 1.06 bits per heavy atom. The molecule has 0 radical (unpaired) electrons. The van der Waals surface area contributed by atoms with Gasteiger partial charge in [0.25, 0.3) is 16.8 Å². The zero-order chi connectivity index (χ0) is 25.0. The van der Waals surface area contributed by atoms with E-state index in [4.69, 9.17) is 0 Å². The summed E-state index contributed by atoms with van der Waals surface area (Å²) < 4.78 is 0. The molecule has 0 aliphatic heterocycles. The molecule has 1 aliphatic rings. The largest absolute Gasteiger partial charge is 0.505 e. The van der Waals surface area contributed by atoms with Crippen molar-refractivity contribution in [2.75, 3.05) is 24.7 Å². The van der Waals surface area contributed by atoms with E-state index >= 15 is 0 Å². The number of nitrogens with zero attached hydrogens (tertiary/aromatic N) is 1. The number of hydrogen-bond acceptors (Lipinski definition) is 7. The van der Waals surface area contributed by atoms with Gasteiger partial charge in [-0.1, -0.05) is 52.0 Å². The lowest BCUT2D eigenvalue weighted by atomic mass is 9.84. The van der Waals surface area contributed by atoms with Gasteiger partial charge in [0, 0.05) is 20.5 Å². The number of rotatable bonds is 10. The fraction of sp³-hybridized carbons (Fsp3) is 0.538. The molecule has 1 saturated carbocycles. The summed E-state index contributed by atoms with van der Waals surface area (Å²) in [5, 5.41) is 16.4. The molecule has 1 fully saturated rings. The molecule has 184 valence electrons. The fourth-order valence-corrected chi connectivity index (χ4v) is 4.59. The van der Waals surface area contributed by atoms with Gasteiger partial charge in [0.15, 0.2) is 11.5 Å². The number of Topliss-reactive ketones (excluding diaryl/α,β-unsaturated/α-hetero) is 1. The lowest BCUT2D eigenvalue weighted by molar-refractivity contribution is -0.120. The molecule has 0 saturated heterocycles. The number of phenols is 1. The van der Waals surface area contributed by atoms with E-state index < -0.39 is 22.8 Å². The van der Waals surface area contributed by atoms with Crippen molar-refractivity contribution in [2.24, 2.45) is 11.8 Å². The van der Waals surface area contributed by atoms with Crippen molar-refractivity contribution in [3.63, 3.8) is 0 Å². The fourth-order valence-electron chi connectivity index (χ4n) is 4.59. The normalized spacial score (nSPS) is 15.3. The van der Waals surface area contributed by atoms with Gasteiger partial charge in [-0.3, -0.25) is 19.2 Å². The summed E-state index contributed by atoms with van der Waals surface area (Å²) in [4.78, 5) is 51.3. The topological polar surface area (TPSA) is 116 Å². The highest BCUT2D eigenvalue weighted by molar-refractivity contribution is 5.99. The van der Waals surface area contributed by atoms with Crippen LogP contribution in [0.5, 0.6) is 5.75 Å². The summed E-state index contributed by atoms with van der Waals surface area (Å²) in [6, 6.07) is 3.97. The second kappa shape index (κ2) is 10.8. The van der Waals surface area contributed by atoms with Crippen molar-refractivity contribution in [2.45, 2.75) is 64.8 Å². The summed E-state index contributed by atoms with van der Waals surface area (Å²) in [6.07, 6.45) is 7.32. The van der Waals surface area contributed by atoms with Crippen molar-refractivity contribution >= 4 is 28.8 Å². The Labute approximate surface area is 200 Å². The lowest BCUT2D eigenvalue weighted by Crippen LogP contribution is -2.43. The average Bonchev–Trinajstić information content (AvgIpc) is 2.82. The number of anilines is 3. The molecule has 8 nitrogen and oxygen atoms in total. The first-order valence-corrected chi connectivity index (χ1v) is 12.0. The molecule has 1 aliphatic carbocycles. The van der Waals surface area contributed by atoms with Crippen molar-refractivity contribution in [1.29, 1.82) is 0 Å². The first kappa shape index (κ1) is 25.5. The molecule has 2 aromatic rings. The van der Waals surface area contributed by atoms with Crippen LogP contribution in [0.25, 0.3) is 0 Å². The second-order valence-corrected chi connectivity index (χ2v) is 9.81. The third-order valence-electron chi connectivity index (χ3n) is 6.68. The maximum absolute atomic E-state index is 13.0. The SMILES string of the molecule is CC(C)[C@@H](Nc1c(Nc2cccc(C(=O)N(C)C)c2O)c(=O)c1=O)C(=O)CCC1CCCCC1. The number of nitrogens with one attached hydrogen (secondary N) is 2. The van der Waals surface area contributed by atoms with Crippen LogP contribution in [0.2, 0.25) is 0 Å². The first-order chi connectivity index (χ1) is 16.1. The molecule has 0 spiro atoms. The average molecular weight is 470 g/mol. The molecular formula is C26H35N3O5. The van der Waals surface area contributed by atoms with E-state index in [1.807, 2.05) is 13.8 Å². The zero-order valence-electron chi connectivity index (χ0n) is 20.4. The number of carbonyl (C=O) groups is 2. The van der Waals surface area contributed by atoms with E-state index in [-0.39, 0.29) is 40.1 Å². The van der Waals surface area contributed by atoms with Crippen molar-refractivity contribution in [3.05, 3.63) is 44.2 Å². The highest BCUT2D eigenvalue weighted by Crippen LogP contribution is 2.33. The second-order valence-electron chi connectivity index (χ2n) is 9.81. The molecule has 34 heavy (non-hydrogen) atoms. The molecule has 3 N–H and O–H groups in total. The molecule has 1 amide bonds. The Morgan fingerprint density at radius 2 is 1.71 bits per heavy atom. The van der Waals surface area contributed by atoms with Crippen molar-refractivity contribution in [3.8, 4) is 5.75 Å². The van der Waals surface area contributed by atoms with Gasteiger partial charge in [0.1, 0.15) is 11.4 Å². The van der Waals surface area contributed by atoms with Crippen LogP contribution in [0.15, 0.2) is 27.8 Å².